The van der Waals surface area contributed by atoms with Gasteiger partial charge in [0.2, 0.25) is 0 Å². The van der Waals surface area contributed by atoms with E-state index < -0.39 is 5.97 Å². The Hall–Kier alpha value is -3.53. The average Bonchev–Trinajstić information content (AvgIpc) is 3.27. The predicted molar refractivity (Wildman–Crippen MR) is 133 cm³/mol. The van der Waals surface area contributed by atoms with Crippen molar-refractivity contribution in [1.29, 1.82) is 0 Å². The van der Waals surface area contributed by atoms with E-state index in [1.54, 1.807) is 6.07 Å². The molecule has 4 rings (SSSR count). The fraction of sp³-hybridized carbons (Fsp3) is 0.375. The van der Waals surface area contributed by atoms with E-state index in [0.29, 0.717) is 22.2 Å². The molecular weight excluding hydrogens is 454 g/mol. The first-order valence-electron chi connectivity index (χ1n) is 11.1. The molecule has 1 aliphatic rings. The number of carboxylic acids is 1. The highest BCUT2D eigenvalue weighted by atomic mass is 32.1. The summed E-state index contributed by atoms with van der Waals surface area (Å²) in [5.41, 5.74) is 1.28. The number of amides is 1. The number of rotatable bonds is 5. The Morgan fingerprint density at radius 2 is 1.91 bits per heavy atom. The summed E-state index contributed by atoms with van der Waals surface area (Å²) in [7, 11) is 0. The number of fused-ring (bicyclic) bond motifs is 1. The third-order valence-electron chi connectivity index (χ3n) is 5.65. The lowest BCUT2D eigenvalue weighted by molar-refractivity contribution is -0.131. The number of carbonyl (C=O) groups is 2. The molecule has 0 atom stereocenters. The Bertz CT molecular complexity index is 1330. The molecule has 1 amide bonds. The Morgan fingerprint density at radius 1 is 1.18 bits per heavy atom. The summed E-state index contributed by atoms with van der Waals surface area (Å²) in [4.78, 5) is 48.4. The van der Waals surface area contributed by atoms with E-state index in [9.17, 15) is 14.4 Å². The number of carboxylic acid groups (broad SMARTS) is 1. The van der Waals surface area contributed by atoms with Crippen molar-refractivity contribution in [2.75, 3.05) is 23.3 Å². The maximum atomic E-state index is 13.2. The van der Waals surface area contributed by atoms with Gasteiger partial charge in [0.1, 0.15) is 11.5 Å². The van der Waals surface area contributed by atoms with Crippen LogP contribution in [0.4, 0.5) is 10.9 Å². The quantitative estimate of drug-likeness (QED) is 0.533. The summed E-state index contributed by atoms with van der Waals surface area (Å²) in [6.07, 6.45) is 6.76. The van der Waals surface area contributed by atoms with Gasteiger partial charge in [-0.3, -0.25) is 19.3 Å². The van der Waals surface area contributed by atoms with Gasteiger partial charge in [0.15, 0.2) is 5.13 Å². The molecule has 1 saturated heterocycles. The maximum absolute atomic E-state index is 13.2. The first-order chi connectivity index (χ1) is 16.1. The first-order valence-corrected chi connectivity index (χ1v) is 12.0. The van der Waals surface area contributed by atoms with E-state index in [0.717, 1.165) is 44.1 Å². The van der Waals surface area contributed by atoms with Gasteiger partial charge in [0.25, 0.3) is 11.5 Å². The summed E-state index contributed by atoms with van der Waals surface area (Å²) in [6, 6.07) is 3.10. The largest absolute Gasteiger partial charge is 0.478 e. The number of hydrogen-bond acceptors (Lipinski definition) is 7. The minimum absolute atomic E-state index is 0.120. The van der Waals surface area contributed by atoms with E-state index in [-0.39, 0.29) is 22.4 Å². The van der Waals surface area contributed by atoms with Crippen molar-refractivity contribution < 1.29 is 14.7 Å². The summed E-state index contributed by atoms with van der Waals surface area (Å²) in [5, 5.41) is 14.3. The topological polar surface area (TPSA) is 117 Å². The zero-order valence-electron chi connectivity index (χ0n) is 19.4. The molecule has 0 aliphatic carbocycles. The van der Waals surface area contributed by atoms with Crippen LogP contribution in [0.5, 0.6) is 0 Å². The molecule has 2 N–H and O–H groups in total. The molecule has 0 radical (unpaired) electrons. The van der Waals surface area contributed by atoms with Crippen LogP contribution in [0.2, 0.25) is 0 Å². The monoisotopic (exact) mass is 481 g/mol. The lowest BCUT2D eigenvalue weighted by atomic mass is 9.93. The number of hydrogen-bond donors (Lipinski definition) is 2. The maximum Gasteiger partial charge on any atom is 0.328 e. The summed E-state index contributed by atoms with van der Waals surface area (Å²) >= 11 is 1.36. The molecule has 9 nitrogen and oxygen atoms in total. The van der Waals surface area contributed by atoms with Crippen molar-refractivity contribution in [3.8, 4) is 0 Å². The average molecular weight is 482 g/mol. The molecule has 0 aromatic carbocycles. The number of aliphatic carboxylic acids is 1. The summed E-state index contributed by atoms with van der Waals surface area (Å²) < 4.78 is 1.33. The van der Waals surface area contributed by atoms with Gasteiger partial charge in [-0.05, 0) is 37.5 Å². The van der Waals surface area contributed by atoms with Gasteiger partial charge in [-0.25, -0.2) is 14.8 Å². The highest BCUT2D eigenvalue weighted by Crippen LogP contribution is 2.27. The van der Waals surface area contributed by atoms with Gasteiger partial charge in [0.05, 0.1) is 11.3 Å². The second kappa shape index (κ2) is 9.38. The van der Waals surface area contributed by atoms with Crippen molar-refractivity contribution in [2.45, 2.75) is 45.4 Å². The van der Waals surface area contributed by atoms with Crippen LogP contribution < -0.4 is 15.8 Å². The fourth-order valence-electron chi connectivity index (χ4n) is 3.77. The van der Waals surface area contributed by atoms with Crippen LogP contribution in [0.3, 0.4) is 0 Å². The summed E-state index contributed by atoms with van der Waals surface area (Å²) in [5.74, 6) is -1.05. The smallest absolute Gasteiger partial charge is 0.328 e. The second-order valence-corrected chi connectivity index (χ2v) is 10.1. The molecule has 3 aromatic rings. The molecule has 4 heterocycles. The van der Waals surface area contributed by atoms with Crippen molar-refractivity contribution in [1.82, 2.24) is 14.4 Å². The van der Waals surface area contributed by atoms with E-state index in [1.165, 1.54) is 34.1 Å². The van der Waals surface area contributed by atoms with Crippen molar-refractivity contribution >= 4 is 45.9 Å². The molecule has 0 spiro atoms. The number of nitrogens with zero attached hydrogens (tertiary/aromatic N) is 4. The van der Waals surface area contributed by atoms with E-state index >= 15 is 0 Å². The molecule has 0 saturated carbocycles. The van der Waals surface area contributed by atoms with Crippen molar-refractivity contribution in [2.24, 2.45) is 0 Å². The zero-order valence-corrected chi connectivity index (χ0v) is 20.2. The molecular formula is C24H27N5O4S. The highest BCUT2D eigenvalue weighted by Gasteiger charge is 2.21. The van der Waals surface area contributed by atoms with Crippen molar-refractivity contribution in [3.05, 3.63) is 57.0 Å². The van der Waals surface area contributed by atoms with Crippen LogP contribution in [0.1, 0.15) is 61.6 Å². The highest BCUT2D eigenvalue weighted by molar-refractivity contribution is 7.14. The predicted octanol–water partition coefficient (Wildman–Crippen LogP) is 3.79. The SMILES string of the molecule is CC(C)(C)c1csc(NC(=O)c2ccn3c(=O)c(/C=C/C(=O)O)c(N4CCCCC4)nc3c2)n1. The summed E-state index contributed by atoms with van der Waals surface area (Å²) in [6.45, 7) is 7.63. The molecule has 1 fully saturated rings. The molecule has 10 heteroatoms. The number of nitrogens with one attached hydrogen (secondary N) is 1. The van der Waals surface area contributed by atoms with E-state index in [4.69, 9.17) is 5.11 Å². The minimum atomic E-state index is -1.14. The van der Waals surface area contributed by atoms with Crippen LogP contribution in [-0.4, -0.2) is 44.4 Å². The Balaban J connectivity index is 1.71. The van der Waals surface area contributed by atoms with Gasteiger partial charge in [-0.15, -0.1) is 11.3 Å². The van der Waals surface area contributed by atoms with Gasteiger partial charge >= 0.3 is 5.97 Å². The Morgan fingerprint density at radius 3 is 2.56 bits per heavy atom. The number of piperidine rings is 1. The molecule has 0 bridgehead atoms. The molecule has 34 heavy (non-hydrogen) atoms. The Labute approximate surface area is 200 Å². The van der Waals surface area contributed by atoms with E-state index in [2.05, 4.69) is 36.1 Å². The first kappa shape index (κ1) is 23.6. The number of anilines is 2. The van der Waals surface area contributed by atoms with Crippen LogP contribution in [-0.2, 0) is 10.2 Å². The van der Waals surface area contributed by atoms with Gasteiger partial charge < -0.3 is 10.0 Å². The van der Waals surface area contributed by atoms with Gasteiger partial charge in [-0.1, -0.05) is 20.8 Å². The third-order valence-corrected chi connectivity index (χ3v) is 6.41. The number of pyridine rings is 1. The normalized spacial score (nSPS) is 14.6. The Kier molecular flexibility index (Phi) is 6.52. The molecule has 1 aliphatic heterocycles. The third kappa shape index (κ3) is 5.01. The molecule has 178 valence electrons. The standard InChI is InChI=1S/C24H27N5O4S/c1-24(2,3)17-14-34-23(25-17)27-21(32)15-9-12-29-18(13-15)26-20(28-10-5-4-6-11-28)16(22(29)33)7-8-19(30)31/h7-9,12-14H,4-6,10-11H2,1-3H3,(H,30,31)(H,25,27,32)/b8-7+. The van der Waals surface area contributed by atoms with Gasteiger partial charge in [0, 0.05) is 41.7 Å². The molecule has 0 unspecified atom stereocenters. The van der Waals surface area contributed by atoms with Crippen molar-refractivity contribution in [3.63, 3.8) is 0 Å². The second-order valence-electron chi connectivity index (χ2n) is 9.26. The lowest BCUT2D eigenvalue weighted by Crippen LogP contribution is -2.33. The van der Waals surface area contributed by atoms with Gasteiger partial charge in [-0.2, -0.15) is 0 Å². The molecule has 3 aromatic heterocycles. The number of thiazole rings is 1. The zero-order chi connectivity index (χ0) is 24.5. The number of aromatic nitrogens is 3. The van der Waals surface area contributed by atoms with Crippen LogP contribution >= 0.6 is 11.3 Å². The minimum Gasteiger partial charge on any atom is -0.478 e. The van der Waals surface area contributed by atoms with Crippen LogP contribution in [0.15, 0.2) is 34.6 Å². The lowest BCUT2D eigenvalue weighted by Gasteiger charge is -2.29. The fourth-order valence-corrected chi connectivity index (χ4v) is 4.71. The van der Waals surface area contributed by atoms with Crippen LogP contribution in [0.25, 0.3) is 11.7 Å². The number of carbonyl (C=O) groups excluding carboxylic acids is 1. The van der Waals surface area contributed by atoms with E-state index in [1.807, 2.05) is 10.3 Å². The van der Waals surface area contributed by atoms with Crippen LogP contribution in [0, 0.1) is 0 Å².